The number of hydrogen-bond acceptors (Lipinski definition) is 5. The molecule has 0 unspecified atom stereocenters. The van der Waals surface area contributed by atoms with Crippen LogP contribution in [0.1, 0.15) is 5.56 Å². The summed E-state index contributed by atoms with van der Waals surface area (Å²) in [5, 5.41) is 7.08. The monoisotopic (exact) mass is 417 g/mol. The first kappa shape index (κ1) is 18.7. The Balaban J connectivity index is 1.58. The number of benzene rings is 1. The number of furan rings is 1. The standard InChI is InChI=1S/C22H16FN5O3/c1-13-6-7-14(10-15(13)23)25-20(29)12-27-17-4-2-8-24-21(17)28-18(22(27)30)11-16(26-28)19-5-3-9-31-19/h2-11H,12H2,1H3,(H,25,29). The Morgan fingerprint density at radius 3 is 2.81 bits per heavy atom. The van der Waals surface area contributed by atoms with Crippen molar-refractivity contribution in [1.29, 1.82) is 0 Å². The van der Waals surface area contributed by atoms with E-state index in [1.807, 2.05) is 0 Å². The number of amides is 1. The molecule has 0 bridgehead atoms. The lowest BCUT2D eigenvalue weighted by Crippen LogP contribution is -2.29. The van der Waals surface area contributed by atoms with Crippen molar-refractivity contribution in [2.24, 2.45) is 0 Å². The number of aryl methyl sites for hydroxylation is 1. The number of rotatable bonds is 4. The molecule has 0 saturated heterocycles. The third kappa shape index (κ3) is 3.25. The molecule has 0 aliphatic carbocycles. The third-order valence-corrected chi connectivity index (χ3v) is 4.96. The minimum Gasteiger partial charge on any atom is -0.463 e. The molecule has 31 heavy (non-hydrogen) atoms. The predicted octanol–water partition coefficient (Wildman–Crippen LogP) is 3.39. The second-order valence-electron chi connectivity index (χ2n) is 7.05. The fourth-order valence-electron chi connectivity index (χ4n) is 3.42. The molecular weight excluding hydrogens is 401 g/mol. The highest BCUT2D eigenvalue weighted by Gasteiger charge is 2.18. The lowest BCUT2D eigenvalue weighted by atomic mass is 10.2. The van der Waals surface area contributed by atoms with E-state index in [1.165, 1.54) is 21.4 Å². The SMILES string of the molecule is Cc1ccc(NC(=O)Cn2c(=O)c3cc(-c4ccco4)nn3c3ncccc32)cc1F. The van der Waals surface area contributed by atoms with Gasteiger partial charge in [0.1, 0.15) is 23.6 Å². The van der Waals surface area contributed by atoms with E-state index in [-0.39, 0.29) is 12.1 Å². The van der Waals surface area contributed by atoms with E-state index in [0.717, 1.165) is 0 Å². The van der Waals surface area contributed by atoms with Gasteiger partial charge >= 0.3 is 0 Å². The van der Waals surface area contributed by atoms with Crippen molar-refractivity contribution in [2.45, 2.75) is 13.5 Å². The summed E-state index contributed by atoms with van der Waals surface area (Å²) in [6.07, 6.45) is 3.10. The van der Waals surface area contributed by atoms with E-state index in [9.17, 15) is 14.0 Å². The molecule has 4 aromatic heterocycles. The van der Waals surface area contributed by atoms with Gasteiger partial charge in [0.2, 0.25) is 5.91 Å². The van der Waals surface area contributed by atoms with Crippen LogP contribution in [-0.2, 0) is 11.3 Å². The van der Waals surface area contributed by atoms with Crippen LogP contribution in [0.25, 0.3) is 28.1 Å². The van der Waals surface area contributed by atoms with Crippen molar-refractivity contribution in [3.63, 3.8) is 0 Å². The van der Waals surface area contributed by atoms with Gasteiger partial charge in [0.25, 0.3) is 5.56 Å². The Kier molecular flexibility index (Phi) is 4.36. The van der Waals surface area contributed by atoms with Crippen LogP contribution in [0.15, 0.2) is 70.2 Å². The molecule has 5 rings (SSSR count). The molecule has 5 aromatic rings. The van der Waals surface area contributed by atoms with Crippen molar-refractivity contribution in [3.8, 4) is 11.5 Å². The van der Waals surface area contributed by atoms with Crippen LogP contribution in [0.2, 0.25) is 0 Å². The summed E-state index contributed by atoms with van der Waals surface area (Å²) in [4.78, 5) is 30.2. The lowest BCUT2D eigenvalue weighted by Gasteiger charge is -2.11. The number of nitrogens with one attached hydrogen (secondary N) is 1. The summed E-state index contributed by atoms with van der Waals surface area (Å²) < 4.78 is 21.9. The van der Waals surface area contributed by atoms with Gasteiger partial charge in [0.15, 0.2) is 11.4 Å². The zero-order chi connectivity index (χ0) is 21.5. The van der Waals surface area contributed by atoms with E-state index in [1.54, 1.807) is 55.6 Å². The lowest BCUT2D eigenvalue weighted by molar-refractivity contribution is -0.116. The molecule has 0 aliphatic rings. The van der Waals surface area contributed by atoms with Crippen molar-refractivity contribution in [1.82, 2.24) is 19.2 Å². The van der Waals surface area contributed by atoms with Crippen molar-refractivity contribution >= 4 is 28.3 Å². The van der Waals surface area contributed by atoms with Gasteiger partial charge in [0, 0.05) is 18.0 Å². The van der Waals surface area contributed by atoms with Crippen LogP contribution in [0.4, 0.5) is 10.1 Å². The van der Waals surface area contributed by atoms with E-state index in [4.69, 9.17) is 4.42 Å². The molecule has 0 fully saturated rings. The van der Waals surface area contributed by atoms with Crippen LogP contribution in [0.5, 0.6) is 0 Å². The van der Waals surface area contributed by atoms with Crippen molar-refractivity contribution in [3.05, 3.63) is 82.7 Å². The van der Waals surface area contributed by atoms with Crippen LogP contribution >= 0.6 is 0 Å². The number of aromatic nitrogens is 4. The van der Waals surface area contributed by atoms with Gasteiger partial charge in [-0.2, -0.15) is 5.10 Å². The molecule has 0 atom stereocenters. The maximum Gasteiger partial charge on any atom is 0.277 e. The average Bonchev–Trinajstić information content (AvgIpc) is 3.44. The number of fused-ring (bicyclic) bond motifs is 3. The van der Waals surface area contributed by atoms with Crippen LogP contribution < -0.4 is 10.9 Å². The van der Waals surface area contributed by atoms with Crippen LogP contribution in [0.3, 0.4) is 0 Å². The molecule has 1 amide bonds. The number of nitrogens with zero attached hydrogens (tertiary/aromatic N) is 4. The molecular formula is C22H16FN5O3. The number of halogens is 1. The molecule has 1 N–H and O–H groups in total. The normalized spacial score (nSPS) is 11.3. The molecule has 1 aromatic carbocycles. The van der Waals surface area contributed by atoms with Gasteiger partial charge in [-0.3, -0.25) is 14.2 Å². The molecule has 8 nitrogen and oxygen atoms in total. The van der Waals surface area contributed by atoms with E-state index in [0.29, 0.717) is 33.9 Å². The molecule has 4 heterocycles. The van der Waals surface area contributed by atoms with Gasteiger partial charge in [0.05, 0.1) is 11.8 Å². The Hall–Kier alpha value is -4.27. The molecule has 0 spiro atoms. The average molecular weight is 417 g/mol. The number of carbonyl (C=O) groups is 1. The van der Waals surface area contributed by atoms with Crippen LogP contribution in [-0.4, -0.2) is 25.1 Å². The summed E-state index contributed by atoms with van der Waals surface area (Å²) in [6.45, 7) is 1.37. The molecule has 0 saturated carbocycles. The molecule has 154 valence electrons. The summed E-state index contributed by atoms with van der Waals surface area (Å²) in [7, 11) is 0. The number of pyridine rings is 1. The number of carbonyl (C=O) groups excluding carboxylic acids is 1. The molecule has 0 radical (unpaired) electrons. The van der Waals surface area contributed by atoms with Gasteiger partial charge < -0.3 is 9.73 Å². The first-order chi connectivity index (χ1) is 15.0. The fourth-order valence-corrected chi connectivity index (χ4v) is 3.42. The second-order valence-corrected chi connectivity index (χ2v) is 7.05. The topological polar surface area (TPSA) is 94.4 Å². The molecule has 9 heteroatoms. The highest BCUT2D eigenvalue weighted by molar-refractivity contribution is 5.91. The quantitative estimate of drug-likeness (QED) is 0.484. The van der Waals surface area contributed by atoms with E-state index in [2.05, 4.69) is 15.4 Å². The zero-order valence-corrected chi connectivity index (χ0v) is 16.4. The summed E-state index contributed by atoms with van der Waals surface area (Å²) >= 11 is 0. The zero-order valence-electron chi connectivity index (χ0n) is 16.4. The summed E-state index contributed by atoms with van der Waals surface area (Å²) in [5.74, 6) is -0.376. The first-order valence-corrected chi connectivity index (χ1v) is 9.48. The number of hydrogen-bond donors (Lipinski definition) is 1. The smallest absolute Gasteiger partial charge is 0.277 e. The Bertz CT molecular complexity index is 1500. The maximum atomic E-state index is 13.8. The summed E-state index contributed by atoms with van der Waals surface area (Å²) in [6, 6.07) is 12.9. The Morgan fingerprint density at radius 2 is 2.03 bits per heavy atom. The van der Waals surface area contributed by atoms with Crippen molar-refractivity contribution in [2.75, 3.05) is 5.32 Å². The van der Waals surface area contributed by atoms with Gasteiger partial charge in [-0.1, -0.05) is 6.07 Å². The van der Waals surface area contributed by atoms with Crippen molar-refractivity contribution < 1.29 is 13.6 Å². The van der Waals surface area contributed by atoms with Gasteiger partial charge in [-0.25, -0.2) is 13.9 Å². The first-order valence-electron chi connectivity index (χ1n) is 9.48. The van der Waals surface area contributed by atoms with Gasteiger partial charge in [-0.05, 0) is 48.9 Å². The molecule has 0 aliphatic heterocycles. The fraction of sp³-hybridized carbons (Fsp3) is 0.0909. The third-order valence-electron chi connectivity index (χ3n) is 4.96. The number of anilines is 1. The van der Waals surface area contributed by atoms with E-state index < -0.39 is 17.3 Å². The Morgan fingerprint density at radius 1 is 1.16 bits per heavy atom. The minimum atomic E-state index is -0.467. The maximum absolute atomic E-state index is 13.8. The highest BCUT2D eigenvalue weighted by atomic mass is 19.1. The largest absolute Gasteiger partial charge is 0.463 e. The summed E-state index contributed by atoms with van der Waals surface area (Å²) in [5.41, 5.74) is 1.98. The second kappa shape index (κ2) is 7.21. The Labute approximate surface area is 174 Å². The highest BCUT2D eigenvalue weighted by Crippen LogP contribution is 2.21. The van der Waals surface area contributed by atoms with E-state index >= 15 is 0 Å². The minimum absolute atomic E-state index is 0.256. The van der Waals surface area contributed by atoms with Gasteiger partial charge in [-0.15, -0.1) is 0 Å². The van der Waals surface area contributed by atoms with Crippen LogP contribution in [0, 0.1) is 12.7 Å². The predicted molar refractivity (Wildman–Crippen MR) is 112 cm³/mol.